The molecule has 1 aliphatic heterocycles. The normalized spacial score (nSPS) is 17.1. The van der Waals surface area contributed by atoms with E-state index in [9.17, 15) is 4.79 Å². The predicted molar refractivity (Wildman–Crippen MR) is 58.2 cm³/mol. The Bertz CT molecular complexity index is 253. The highest BCUT2D eigenvalue weighted by Crippen LogP contribution is 2.13. The van der Waals surface area contributed by atoms with E-state index in [2.05, 4.69) is 5.92 Å². The summed E-state index contributed by atoms with van der Waals surface area (Å²) in [5.41, 5.74) is 0. The zero-order chi connectivity index (χ0) is 11.8. The standard InChI is InChI=1S/C11H17NO4/c1-2-7-15-8-9-16-10-3-5-12(6-4-10)11(13)14/h1,10H,3-9H2,(H,13,14). The first-order chi connectivity index (χ1) is 7.74. The zero-order valence-electron chi connectivity index (χ0n) is 9.22. The molecule has 5 nitrogen and oxygen atoms in total. The molecule has 0 aromatic carbocycles. The maximum Gasteiger partial charge on any atom is 0.407 e. The molecule has 1 saturated heterocycles. The summed E-state index contributed by atoms with van der Waals surface area (Å²) in [6.45, 7) is 2.40. The zero-order valence-corrected chi connectivity index (χ0v) is 9.22. The highest BCUT2D eigenvalue weighted by molar-refractivity contribution is 5.64. The van der Waals surface area contributed by atoms with Gasteiger partial charge in [0, 0.05) is 13.1 Å². The van der Waals surface area contributed by atoms with Crippen molar-refractivity contribution in [3.8, 4) is 12.3 Å². The number of piperidine rings is 1. The number of carboxylic acid groups (broad SMARTS) is 1. The first kappa shape index (κ1) is 12.8. The molecule has 1 aliphatic rings. The van der Waals surface area contributed by atoms with Gasteiger partial charge in [0.25, 0.3) is 0 Å². The minimum absolute atomic E-state index is 0.144. The van der Waals surface area contributed by atoms with Crippen LogP contribution in [0.15, 0.2) is 0 Å². The van der Waals surface area contributed by atoms with Crippen molar-refractivity contribution >= 4 is 6.09 Å². The average molecular weight is 227 g/mol. The Morgan fingerprint density at radius 2 is 2.12 bits per heavy atom. The van der Waals surface area contributed by atoms with Gasteiger partial charge >= 0.3 is 6.09 Å². The molecule has 0 aromatic rings. The smallest absolute Gasteiger partial charge is 0.407 e. The fourth-order valence-electron chi connectivity index (χ4n) is 1.62. The molecular formula is C11H17NO4. The van der Waals surface area contributed by atoms with Crippen molar-refractivity contribution in [2.75, 3.05) is 32.9 Å². The maximum atomic E-state index is 10.6. The number of terminal acetylenes is 1. The number of rotatable bonds is 5. The van der Waals surface area contributed by atoms with Crippen LogP contribution in [-0.2, 0) is 9.47 Å². The van der Waals surface area contributed by atoms with Gasteiger partial charge in [0.05, 0.1) is 19.3 Å². The average Bonchev–Trinajstić information content (AvgIpc) is 2.29. The number of hydrogen-bond donors (Lipinski definition) is 1. The highest BCUT2D eigenvalue weighted by Gasteiger charge is 2.22. The minimum Gasteiger partial charge on any atom is -0.465 e. The molecule has 5 heteroatoms. The van der Waals surface area contributed by atoms with Gasteiger partial charge in [-0.2, -0.15) is 0 Å². The fraction of sp³-hybridized carbons (Fsp3) is 0.727. The van der Waals surface area contributed by atoms with Crippen LogP contribution in [0.1, 0.15) is 12.8 Å². The first-order valence-corrected chi connectivity index (χ1v) is 5.34. The number of amides is 1. The summed E-state index contributed by atoms with van der Waals surface area (Å²) in [5, 5.41) is 8.74. The van der Waals surface area contributed by atoms with E-state index in [0.29, 0.717) is 32.9 Å². The molecule has 0 atom stereocenters. The van der Waals surface area contributed by atoms with Crippen LogP contribution in [0.2, 0.25) is 0 Å². The maximum absolute atomic E-state index is 10.6. The summed E-state index contributed by atoms with van der Waals surface area (Å²) in [4.78, 5) is 12.1. The van der Waals surface area contributed by atoms with E-state index in [1.165, 1.54) is 4.90 Å². The molecule has 0 unspecified atom stereocenters. The van der Waals surface area contributed by atoms with Crippen LogP contribution in [0.5, 0.6) is 0 Å². The van der Waals surface area contributed by atoms with Gasteiger partial charge in [-0.25, -0.2) is 4.79 Å². The third kappa shape index (κ3) is 4.51. The summed E-state index contributed by atoms with van der Waals surface area (Å²) in [5.74, 6) is 2.37. The van der Waals surface area contributed by atoms with Crippen LogP contribution in [0.4, 0.5) is 4.79 Å². The van der Waals surface area contributed by atoms with Gasteiger partial charge in [-0.3, -0.25) is 0 Å². The quantitative estimate of drug-likeness (QED) is 0.557. The van der Waals surface area contributed by atoms with Crippen LogP contribution >= 0.6 is 0 Å². The van der Waals surface area contributed by atoms with E-state index in [4.69, 9.17) is 21.0 Å². The molecule has 0 aromatic heterocycles. The lowest BCUT2D eigenvalue weighted by atomic mass is 10.1. The Hall–Kier alpha value is -1.25. The second kappa shape index (κ2) is 7.09. The van der Waals surface area contributed by atoms with Crippen molar-refractivity contribution in [1.29, 1.82) is 0 Å². The van der Waals surface area contributed by atoms with E-state index in [1.54, 1.807) is 0 Å². The molecule has 1 N–H and O–H groups in total. The molecule has 1 fully saturated rings. The second-order valence-corrected chi connectivity index (χ2v) is 3.60. The van der Waals surface area contributed by atoms with Gasteiger partial charge in [-0.05, 0) is 12.8 Å². The van der Waals surface area contributed by atoms with Crippen LogP contribution in [0, 0.1) is 12.3 Å². The molecule has 90 valence electrons. The molecular weight excluding hydrogens is 210 g/mol. The number of nitrogens with zero attached hydrogens (tertiary/aromatic N) is 1. The summed E-state index contributed by atoms with van der Waals surface area (Å²) >= 11 is 0. The topological polar surface area (TPSA) is 59.0 Å². The van der Waals surface area contributed by atoms with Crippen molar-refractivity contribution in [1.82, 2.24) is 4.90 Å². The van der Waals surface area contributed by atoms with Crippen molar-refractivity contribution in [2.24, 2.45) is 0 Å². The molecule has 1 amide bonds. The van der Waals surface area contributed by atoms with E-state index in [-0.39, 0.29) is 6.10 Å². The predicted octanol–water partition coefficient (Wildman–Crippen LogP) is 0.795. The third-order valence-corrected chi connectivity index (χ3v) is 2.48. The number of ether oxygens (including phenoxy) is 2. The lowest BCUT2D eigenvalue weighted by molar-refractivity contribution is -0.0157. The molecule has 1 heterocycles. The van der Waals surface area contributed by atoms with Gasteiger partial charge in [0.1, 0.15) is 6.61 Å². The number of likely N-dealkylation sites (tertiary alicyclic amines) is 1. The second-order valence-electron chi connectivity index (χ2n) is 3.60. The largest absolute Gasteiger partial charge is 0.465 e. The van der Waals surface area contributed by atoms with Crippen molar-refractivity contribution in [2.45, 2.75) is 18.9 Å². The van der Waals surface area contributed by atoms with Crippen LogP contribution < -0.4 is 0 Å². The Labute approximate surface area is 95.3 Å². The molecule has 0 bridgehead atoms. The summed E-state index contributed by atoms with van der Waals surface area (Å²) < 4.78 is 10.6. The van der Waals surface area contributed by atoms with Gasteiger partial charge < -0.3 is 19.5 Å². The van der Waals surface area contributed by atoms with Crippen molar-refractivity contribution < 1.29 is 19.4 Å². The van der Waals surface area contributed by atoms with Crippen molar-refractivity contribution in [3.05, 3.63) is 0 Å². The molecule has 0 saturated carbocycles. The van der Waals surface area contributed by atoms with Crippen molar-refractivity contribution in [3.63, 3.8) is 0 Å². The van der Waals surface area contributed by atoms with E-state index >= 15 is 0 Å². The van der Waals surface area contributed by atoms with E-state index < -0.39 is 6.09 Å². The fourth-order valence-corrected chi connectivity index (χ4v) is 1.62. The Balaban J connectivity index is 2.04. The Morgan fingerprint density at radius 3 is 2.69 bits per heavy atom. The van der Waals surface area contributed by atoms with Gasteiger partial charge in [-0.1, -0.05) is 5.92 Å². The Morgan fingerprint density at radius 1 is 1.44 bits per heavy atom. The van der Waals surface area contributed by atoms with Gasteiger partial charge in [-0.15, -0.1) is 6.42 Å². The first-order valence-electron chi connectivity index (χ1n) is 5.34. The van der Waals surface area contributed by atoms with Crippen LogP contribution in [0.3, 0.4) is 0 Å². The molecule has 16 heavy (non-hydrogen) atoms. The van der Waals surface area contributed by atoms with E-state index in [1.807, 2.05) is 0 Å². The molecule has 1 rings (SSSR count). The minimum atomic E-state index is -0.851. The molecule has 0 spiro atoms. The van der Waals surface area contributed by atoms with Gasteiger partial charge in [0.15, 0.2) is 0 Å². The molecule has 0 aliphatic carbocycles. The lowest BCUT2D eigenvalue weighted by Crippen LogP contribution is -2.40. The summed E-state index contributed by atoms with van der Waals surface area (Å²) in [6.07, 6.45) is 5.82. The van der Waals surface area contributed by atoms with Gasteiger partial charge in [0.2, 0.25) is 0 Å². The highest BCUT2D eigenvalue weighted by atomic mass is 16.5. The van der Waals surface area contributed by atoms with E-state index in [0.717, 1.165) is 12.8 Å². The summed E-state index contributed by atoms with van der Waals surface area (Å²) in [7, 11) is 0. The van der Waals surface area contributed by atoms with Crippen LogP contribution in [0.25, 0.3) is 0 Å². The number of carbonyl (C=O) groups is 1. The lowest BCUT2D eigenvalue weighted by Gasteiger charge is -2.29. The summed E-state index contributed by atoms with van der Waals surface area (Å²) in [6, 6.07) is 0. The number of hydrogen-bond acceptors (Lipinski definition) is 3. The third-order valence-electron chi connectivity index (χ3n) is 2.48. The van der Waals surface area contributed by atoms with Crippen LogP contribution in [-0.4, -0.2) is 55.1 Å². The monoisotopic (exact) mass is 227 g/mol. The Kier molecular flexibility index (Phi) is 5.68. The SMILES string of the molecule is C#CCOCCOC1CCN(C(=O)O)CC1. The molecule has 0 radical (unpaired) electrons.